The molecule has 4 aliphatic carbocycles. The summed E-state index contributed by atoms with van der Waals surface area (Å²) in [5.41, 5.74) is 14.7. The van der Waals surface area contributed by atoms with Crippen molar-refractivity contribution in [3.63, 3.8) is 0 Å². The van der Waals surface area contributed by atoms with Crippen LogP contribution in [0.1, 0.15) is 77.2 Å². The van der Waals surface area contributed by atoms with Crippen molar-refractivity contribution in [3.05, 3.63) is 46.6 Å². The minimum absolute atomic E-state index is 0.0266. The van der Waals surface area contributed by atoms with Gasteiger partial charge in [-0.2, -0.15) is 5.10 Å². The van der Waals surface area contributed by atoms with Crippen molar-refractivity contribution in [1.82, 2.24) is 5.43 Å². The van der Waals surface area contributed by atoms with Crippen LogP contribution in [-0.2, 0) is 0 Å². The molecule has 2 saturated carbocycles. The molecule has 2 fully saturated rings. The van der Waals surface area contributed by atoms with Crippen molar-refractivity contribution in [2.24, 2.45) is 33.0 Å². The molecule has 1 aromatic carbocycles. The predicted molar refractivity (Wildman–Crippen MR) is 153 cm³/mol. The Bertz CT molecular complexity index is 1350. The van der Waals surface area contributed by atoms with Crippen LogP contribution < -0.4 is 20.6 Å². The number of ether oxygens (including phenoxy) is 2. The van der Waals surface area contributed by atoms with Gasteiger partial charge >= 0.3 is 0 Å². The maximum atomic E-state index is 10.8. The van der Waals surface area contributed by atoms with E-state index >= 15 is 0 Å². The zero-order chi connectivity index (χ0) is 26.7. The number of hydrazone groups is 1. The number of aliphatic hydroxyl groups is 1. The van der Waals surface area contributed by atoms with E-state index in [1.807, 2.05) is 6.92 Å². The monoisotopic (exact) mass is 531 g/mol. The van der Waals surface area contributed by atoms with Crippen LogP contribution in [0.15, 0.2) is 46.1 Å². The fraction of sp³-hybridized carbons (Fsp3) is 0.548. The summed E-state index contributed by atoms with van der Waals surface area (Å²) in [6.45, 7) is 7.20. The van der Waals surface area contributed by atoms with Gasteiger partial charge in [-0.15, -0.1) is 5.92 Å². The third-order valence-electron chi connectivity index (χ3n) is 10.4. The molecule has 38 heavy (non-hydrogen) atoms. The standard InChI is InChI=1S/C31H37N3O3S/c1-4-11-31(17-35)13-10-26-29(2)12-9-20-14-21(33-34-28(32)38)6-7-22(20)27(29)23(16-30(26,31)3)19-5-8-24-25(15-19)37-18-36-24/h5,8,14-15,23,26,35H,6-7,9-10,12-13,16-18H2,1-3H3,(H3,32,34,38)/b33-21+/t23-,26+,29+,30?,31-/m1/s1. The van der Waals surface area contributed by atoms with Gasteiger partial charge in [0.15, 0.2) is 16.6 Å². The second-order valence-corrected chi connectivity index (χ2v) is 12.5. The lowest BCUT2D eigenvalue weighted by molar-refractivity contribution is -0.0345. The molecular weight excluding hydrogens is 494 g/mol. The Morgan fingerprint density at radius 1 is 1.21 bits per heavy atom. The summed E-state index contributed by atoms with van der Waals surface area (Å²) in [7, 11) is 0. The highest BCUT2D eigenvalue weighted by Crippen LogP contribution is 2.73. The van der Waals surface area contributed by atoms with Gasteiger partial charge < -0.3 is 20.3 Å². The van der Waals surface area contributed by atoms with Gasteiger partial charge in [0.05, 0.1) is 17.7 Å². The molecule has 5 aliphatic rings. The van der Waals surface area contributed by atoms with Gasteiger partial charge in [0, 0.05) is 5.92 Å². The van der Waals surface area contributed by atoms with Crippen LogP contribution in [-0.4, -0.2) is 29.3 Å². The Kier molecular flexibility index (Phi) is 6.12. The molecule has 0 spiro atoms. The van der Waals surface area contributed by atoms with Crippen LogP contribution in [0.5, 0.6) is 11.5 Å². The molecule has 0 saturated heterocycles. The molecule has 200 valence electrons. The molecule has 0 aromatic heterocycles. The molecule has 1 aliphatic heterocycles. The van der Waals surface area contributed by atoms with Crippen molar-refractivity contribution in [2.75, 3.05) is 13.4 Å². The molecule has 1 heterocycles. The molecule has 1 unspecified atom stereocenters. The molecule has 0 bridgehead atoms. The lowest BCUT2D eigenvalue weighted by Crippen LogP contribution is -2.53. The van der Waals surface area contributed by atoms with Gasteiger partial charge in [-0.1, -0.05) is 31.4 Å². The number of rotatable bonds is 3. The first kappa shape index (κ1) is 25.5. The second kappa shape index (κ2) is 9.14. The van der Waals surface area contributed by atoms with Gasteiger partial charge in [-0.3, -0.25) is 5.43 Å². The number of nitrogens with two attached hydrogens (primary N) is 1. The van der Waals surface area contributed by atoms with Crippen LogP contribution in [0.25, 0.3) is 0 Å². The molecule has 0 amide bonds. The first-order valence-electron chi connectivity index (χ1n) is 13.8. The van der Waals surface area contributed by atoms with E-state index in [4.69, 9.17) is 27.4 Å². The van der Waals surface area contributed by atoms with Crippen molar-refractivity contribution < 1.29 is 14.6 Å². The number of benzene rings is 1. The van der Waals surface area contributed by atoms with E-state index in [-0.39, 0.29) is 40.7 Å². The number of nitrogens with zero attached hydrogens (tertiary/aromatic N) is 1. The zero-order valence-electron chi connectivity index (χ0n) is 22.5. The van der Waals surface area contributed by atoms with E-state index in [0.717, 1.165) is 62.2 Å². The summed E-state index contributed by atoms with van der Waals surface area (Å²) in [6, 6.07) is 6.46. The first-order chi connectivity index (χ1) is 18.2. The van der Waals surface area contributed by atoms with E-state index in [9.17, 15) is 5.11 Å². The lowest BCUT2D eigenvalue weighted by Gasteiger charge is -2.60. The molecule has 0 radical (unpaired) electrons. The Hall–Kier alpha value is -2.82. The highest BCUT2D eigenvalue weighted by atomic mass is 32.1. The topological polar surface area (TPSA) is 89.1 Å². The second-order valence-electron chi connectivity index (χ2n) is 12.1. The first-order valence-corrected chi connectivity index (χ1v) is 14.2. The van der Waals surface area contributed by atoms with Gasteiger partial charge in [0.25, 0.3) is 0 Å². The van der Waals surface area contributed by atoms with E-state index in [1.54, 1.807) is 5.57 Å². The molecule has 4 N–H and O–H groups in total. The van der Waals surface area contributed by atoms with Gasteiger partial charge in [0.2, 0.25) is 6.79 Å². The fourth-order valence-corrected chi connectivity index (χ4v) is 8.78. The van der Waals surface area contributed by atoms with Crippen molar-refractivity contribution >= 4 is 23.0 Å². The third kappa shape index (κ3) is 3.64. The summed E-state index contributed by atoms with van der Waals surface area (Å²) >= 11 is 4.96. The number of hydrogen-bond acceptors (Lipinski definition) is 5. The number of nitrogens with one attached hydrogen (secondary N) is 1. The number of aliphatic hydroxyl groups excluding tert-OH is 1. The van der Waals surface area contributed by atoms with Gasteiger partial charge in [-0.25, -0.2) is 0 Å². The molecule has 6 nitrogen and oxygen atoms in total. The summed E-state index contributed by atoms with van der Waals surface area (Å²) in [4.78, 5) is 0. The van der Waals surface area contributed by atoms with E-state index in [0.29, 0.717) is 5.92 Å². The normalized spacial score (nSPS) is 36.0. The smallest absolute Gasteiger partial charge is 0.231 e. The molecule has 5 atom stereocenters. The van der Waals surface area contributed by atoms with E-state index < -0.39 is 0 Å². The van der Waals surface area contributed by atoms with E-state index in [1.165, 1.54) is 16.7 Å². The average Bonchev–Trinajstić information content (AvgIpc) is 3.49. The summed E-state index contributed by atoms with van der Waals surface area (Å²) in [5, 5.41) is 15.5. The Balaban J connectivity index is 1.53. The summed E-state index contributed by atoms with van der Waals surface area (Å²) < 4.78 is 11.5. The van der Waals surface area contributed by atoms with Crippen LogP contribution in [0, 0.1) is 34.0 Å². The number of allylic oxidation sites excluding steroid dienone is 4. The average molecular weight is 532 g/mol. The Morgan fingerprint density at radius 2 is 2.03 bits per heavy atom. The molecule has 6 rings (SSSR count). The minimum Gasteiger partial charge on any atom is -0.454 e. The van der Waals surface area contributed by atoms with Gasteiger partial charge in [-0.05, 0) is 116 Å². The molecule has 7 heteroatoms. The number of hydrogen-bond donors (Lipinski definition) is 3. The maximum absolute atomic E-state index is 10.8. The highest BCUT2D eigenvalue weighted by Gasteiger charge is 2.66. The molecule has 1 aromatic rings. The van der Waals surface area contributed by atoms with Crippen LogP contribution >= 0.6 is 12.2 Å². The number of thiocarbonyl (C=S) groups is 1. The van der Waals surface area contributed by atoms with Crippen LogP contribution in [0.3, 0.4) is 0 Å². The van der Waals surface area contributed by atoms with E-state index in [2.05, 4.69) is 60.5 Å². The fourth-order valence-electron chi connectivity index (χ4n) is 8.74. The zero-order valence-corrected chi connectivity index (χ0v) is 23.3. The maximum Gasteiger partial charge on any atom is 0.231 e. The quantitative estimate of drug-likeness (QED) is 0.278. The Morgan fingerprint density at radius 3 is 2.79 bits per heavy atom. The number of fused-ring (bicyclic) bond motifs is 5. The SMILES string of the molecule is CC#C[C@]1(CO)CC[C@@H]2C1(C)C[C@H](c1ccc3c(c1)OCO3)C1=C3CC/C(=N\NC(N)=S)C=C3CC[C@]12C. The largest absolute Gasteiger partial charge is 0.454 e. The van der Waals surface area contributed by atoms with Gasteiger partial charge in [0.1, 0.15) is 0 Å². The Labute approximate surface area is 230 Å². The van der Waals surface area contributed by atoms with Crippen LogP contribution in [0.4, 0.5) is 0 Å². The highest BCUT2D eigenvalue weighted by molar-refractivity contribution is 7.80. The lowest BCUT2D eigenvalue weighted by atomic mass is 9.44. The molecular formula is C31H37N3O3S. The summed E-state index contributed by atoms with van der Waals surface area (Å²) in [5.74, 6) is 9.05. The predicted octanol–water partition coefficient (Wildman–Crippen LogP) is 5.33. The third-order valence-corrected chi connectivity index (χ3v) is 10.5. The summed E-state index contributed by atoms with van der Waals surface area (Å²) in [6.07, 6.45) is 9.15. The van der Waals surface area contributed by atoms with Crippen molar-refractivity contribution in [1.29, 1.82) is 0 Å². The van der Waals surface area contributed by atoms with Crippen LogP contribution in [0.2, 0.25) is 0 Å². The van der Waals surface area contributed by atoms with Crippen molar-refractivity contribution in [2.45, 2.75) is 71.6 Å². The van der Waals surface area contributed by atoms with Crippen molar-refractivity contribution in [3.8, 4) is 23.3 Å². The minimum atomic E-state index is -0.380.